The van der Waals surface area contributed by atoms with Crippen LogP contribution in [0.5, 0.6) is 5.75 Å². The van der Waals surface area contributed by atoms with Crippen molar-refractivity contribution < 1.29 is 24.1 Å². The molecule has 9 heteroatoms. The third kappa shape index (κ3) is 3.48. The number of carbonyl (C=O) groups is 1. The monoisotopic (exact) mass is 282 g/mol. The van der Waals surface area contributed by atoms with Gasteiger partial charge in [-0.15, -0.1) is 10.2 Å². The first-order chi connectivity index (χ1) is 9.56. The number of ether oxygens (including phenoxy) is 1. The summed E-state index contributed by atoms with van der Waals surface area (Å²) >= 11 is 0. The Morgan fingerprint density at radius 1 is 1.50 bits per heavy atom. The maximum atomic E-state index is 13.4. The molecule has 0 spiro atoms. The number of aliphatic hydroxyl groups excluding tert-OH is 1. The molecule has 0 aliphatic rings. The van der Waals surface area contributed by atoms with Gasteiger partial charge in [0.05, 0.1) is 12.1 Å². The quantitative estimate of drug-likeness (QED) is 0.764. The molecular formula is C11H11FN4O4. The van der Waals surface area contributed by atoms with Crippen LogP contribution >= 0.6 is 0 Å². The van der Waals surface area contributed by atoms with E-state index in [0.29, 0.717) is 0 Å². The Morgan fingerprint density at radius 2 is 2.30 bits per heavy atom. The Labute approximate surface area is 112 Å². The Balaban J connectivity index is 1.90. The number of halogens is 1. The van der Waals surface area contributed by atoms with Crippen LogP contribution in [0.2, 0.25) is 0 Å². The van der Waals surface area contributed by atoms with E-state index in [0.717, 1.165) is 12.1 Å². The van der Waals surface area contributed by atoms with Crippen LogP contribution in [0.3, 0.4) is 0 Å². The average molecular weight is 282 g/mol. The number of tetrazole rings is 1. The van der Waals surface area contributed by atoms with E-state index in [2.05, 4.69) is 15.4 Å². The summed E-state index contributed by atoms with van der Waals surface area (Å²) < 4.78 is 18.5. The molecule has 1 atom stereocenters. The molecule has 2 aromatic rings. The highest BCUT2D eigenvalue weighted by molar-refractivity contribution is 5.88. The van der Waals surface area contributed by atoms with Gasteiger partial charge < -0.3 is 14.9 Å². The van der Waals surface area contributed by atoms with E-state index in [1.54, 1.807) is 0 Å². The van der Waals surface area contributed by atoms with E-state index < -0.39 is 23.5 Å². The number of hydrogen-bond donors (Lipinski definition) is 2. The van der Waals surface area contributed by atoms with Crippen molar-refractivity contribution in [3.8, 4) is 5.75 Å². The highest BCUT2D eigenvalue weighted by Gasteiger charge is 2.12. The highest BCUT2D eigenvalue weighted by Crippen LogP contribution is 2.17. The second kappa shape index (κ2) is 6.06. The summed E-state index contributed by atoms with van der Waals surface area (Å²) in [6.45, 7) is -0.0386. The van der Waals surface area contributed by atoms with Gasteiger partial charge in [-0.05, 0) is 17.3 Å². The van der Waals surface area contributed by atoms with Crippen LogP contribution in [0.25, 0.3) is 0 Å². The molecule has 0 bridgehead atoms. The zero-order valence-electron chi connectivity index (χ0n) is 10.2. The molecule has 0 radical (unpaired) electrons. The van der Waals surface area contributed by atoms with Gasteiger partial charge in [-0.3, -0.25) is 0 Å². The number of aromatic nitrogens is 4. The maximum Gasteiger partial charge on any atom is 0.338 e. The first kappa shape index (κ1) is 13.9. The second-order valence-electron chi connectivity index (χ2n) is 3.90. The van der Waals surface area contributed by atoms with E-state index in [1.807, 2.05) is 0 Å². The fourth-order valence-corrected chi connectivity index (χ4v) is 1.46. The molecule has 1 aromatic heterocycles. The largest absolute Gasteiger partial charge is 0.491 e. The lowest BCUT2D eigenvalue weighted by Crippen LogP contribution is -2.25. The normalized spacial score (nSPS) is 12.1. The summed E-state index contributed by atoms with van der Waals surface area (Å²) in [4.78, 5) is 11.8. The van der Waals surface area contributed by atoms with Crippen molar-refractivity contribution in [3.63, 3.8) is 0 Å². The minimum atomic E-state index is -1.36. The van der Waals surface area contributed by atoms with Gasteiger partial charge in [0.15, 0.2) is 6.33 Å². The summed E-state index contributed by atoms with van der Waals surface area (Å²) in [6, 6.07) is 3.36. The zero-order chi connectivity index (χ0) is 14.5. The summed E-state index contributed by atoms with van der Waals surface area (Å²) in [5.41, 5.74) is -0.440. The van der Waals surface area contributed by atoms with Crippen LogP contribution < -0.4 is 4.74 Å². The van der Waals surface area contributed by atoms with Gasteiger partial charge in [-0.25, -0.2) is 9.18 Å². The summed E-state index contributed by atoms with van der Waals surface area (Å²) in [5, 5.41) is 29.1. The van der Waals surface area contributed by atoms with Crippen molar-refractivity contribution in [1.82, 2.24) is 20.2 Å². The molecule has 0 saturated carbocycles. The molecule has 0 amide bonds. The fraction of sp³-hybridized carbons (Fsp3) is 0.273. The molecule has 1 aromatic carbocycles. The minimum absolute atomic E-state index is 0.0791. The van der Waals surface area contributed by atoms with Gasteiger partial charge in [-0.1, -0.05) is 0 Å². The van der Waals surface area contributed by atoms with E-state index in [4.69, 9.17) is 9.84 Å². The number of nitrogens with zero attached hydrogens (tertiary/aromatic N) is 4. The molecule has 0 unspecified atom stereocenters. The van der Waals surface area contributed by atoms with Crippen LogP contribution in [0.15, 0.2) is 24.5 Å². The maximum absolute atomic E-state index is 13.4. The van der Waals surface area contributed by atoms with Crippen molar-refractivity contribution in [2.45, 2.75) is 12.6 Å². The fourth-order valence-electron chi connectivity index (χ4n) is 1.46. The Kier molecular flexibility index (Phi) is 4.20. The first-order valence-electron chi connectivity index (χ1n) is 5.60. The van der Waals surface area contributed by atoms with E-state index in [-0.39, 0.29) is 18.9 Å². The Bertz CT molecular complexity index is 590. The summed E-state index contributed by atoms with van der Waals surface area (Å²) in [6.07, 6.45) is 0.319. The van der Waals surface area contributed by atoms with E-state index in [9.17, 15) is 14.3 Å². The van der Waals surface area contributed by atoms with Crippen LogP contribution in [-0.2, 0) is 6.54 Å². The first-order valence-corrected chi connectivity index (χ1v) is 5.60. The molecule has 1 heterocycles. The predicted molar refractivity (Wildman–Crippen MR) is 62.7 cm³/mol. The lowest BCUT2D eigenvalue weighted by Gasteiger charge is -2.11. The van der Waals surface area contributed by atoms with Gasteiger partial charge in [0.25, 0.3) is 0 Å². The van der Waals surface area contributed by atoms with Crippen LogP contribution in [0.4, 0.5) is 4.39 Å². The van der Waals surface area contributed by atoms with E-state index >= 15 is 0 Å². The van der Waals surface area contributed by atoms with Crippen molar-refractivity contribution in [1.29, 1.82) is 0 Å². The molecule has 2 N–H and O–H groups in total. The van der Waals surface area contributed by atoms with Crippen LogP contribution in [-0.4, -0.2) is 49.1 Å². The third-order valence-electron chi connectivity index (χ3n) is 2.38. The minimum Gasteiger partial charge on any atom is -0.491 e. The van der Waals surface area contributed by atoms with Crippen molar-refractivity contribution in [3.05, 3.63) is 35.9 Å². The molecule has 106 valence electrons. The summed E-state index contributed by atoms with van der Waals surface area (Å²) in [5.74, 6) is -2.13. The standard InChI is InChI=1S/C11H11FN4O4/c12-10-3-8(1-2-9(10)11(18)19)20-5-7(17)4-16-14-6-13-15-16/h1-3,6-7,17H,4-5H2,(H,18,19)/t7-/m1/s1. The highest BCUT2D eigenvalue weighted by atomic mass is 19.1. The topological polar surface area (TPSA) is 110 Å². The number of carboxylic acids is 1. The SMILES string of the molecule is O=C(O)c1ccc(OC[C@H](O)Cn2ncnn2)cc1F. The van der Waals surface area contributed by atoms with Crippen LogP contribution in [0, 0.1) is 5.82 Å². The van der Waals surface area contributed by atoms with Crippen LogP contribution in [0.1, 0.15) is 10.4 Å². The molecule has 2 rings (SSSR count). The Morgan fingerprint density at radius 3 is 2.90 bits per heavy atom. The van der Waals surface area contributed by atoms with Crippen molar-refractivity contribution >= 4 is 5.97 Å². The van der Waals surface area contributed by atoms with Gasteiger partial charge >= 0.3 is 5.97 Å². The molecule has 20 heavy (non-hydrogen) atoms. The lowest BCUT2D eigenvalue weighted by molar-refractivity contribution is 0.0690. The zero-order valence-corrected chi connectivity index (χ0v) is 10.2. The van der Waals surface area contributed by atoms with Crippen molar-refractivity contribution in [2.24, 2.45) is 0 Å². The van der Waals surface area contributed by atoms with Gasteiger partial charge in [0.2, 0.25) is 0 Å². The smallest absolute Gasteiger partial charge is 0.338 e. The number of hydrogen-bond acceptors (Lipinski definition) is 6. The second-order valence-corrected chi connectivity index (χ2v) is 3.90. The third-order valence-corrected chi connectivity index (χ3v) is 2.38. The number of rotatable bonds is 6. The van der Waals surface area contributed by atoms with Gasteiger partial charge in [-0.2, -0.15) is 4.80 Å². The average Bonchev–Trinajstić information content (AvgIpc) is 2.89. The number of aromatic carboxylic acids is 1. The number of aliphatic hydroxyl groups is 1. The van der Waals surface area contributed by atoms with Crippen molar-refractivity contribution in [2.75, 3.05) is 6.61 Å². The number of benzene rings is 1. The van der Waals surface area contributed by atoms with Gasteiger partial charge in [0.1, 0.15) is 24.3 Å². The molecule has 0 aliphatic carbocycles. The molecule has 0 aliphatic heterocycles. The molecule has 0 fully saturated rings. The lowest BCUT2D eigenvalue weighted by atomic mass is 10.2. The van der Waals surface area contributed by atoms with E-state index in [1.165, 1.54) is 17.2 Å². The Hall–Kier alpha value is -2.55. The van der Waals surface area contributed by atoms with Gasteiger partial charge in [0, 0.05) is 6.07 Å². The summed E-state index contributed by atoms with van der Waals surface area (Å²) in [7, 11) is 0. The number of carboxylic acid groups (broad SMARTS) is 1. The molecule has 0 saturated heterocycles. The molecular weight excluding hydrogens is 271 g/mol. The molecule has 8 nitrogen and oxygen atoms in total. The predicted octanol–water partition coefficient (Wildman–Crippen LogP) is -0.0497.